The third-order valence-electron chi connectivity index (χ3n) is 1.44. The van der Waals surface area contributed by atoms with Crippen LogP contribution >= 0.6 is 11.6 Å². The maximum atomic E-state index is 5.65. The lowest BCUT2D eigenvalue weighted by Crippen LogP contribution is -1.90. The van der Waals surface area contributed by atoms with Gasteiger partial charge >= 0.3 is 0 Å². The second-order valence-electron chi connectivity index (χ2n) is 2.44. The molecule has 0 saturated heterocycles. The van der Waals surface area contributed by atoms with E-state index in [1.165, 1.54) is 6.42 Å². The highest BCUT2D eigenvalue weighted by atomic mass is 35.5. The third-order valence-corrected chi connectivity index (χ3v) is 1.62. The SMILES string of the molecule is CCCCc1cncc(Cl)n1. The second-order valence-corrected chi connectivity index (χ2v) is 2.82. The topological polar surface area (TPSA) is 25.8 Å². The Labute approximate surface area is 71.6 Å². The molecule has 0 aliphatic rings. The summed E-state index contributed by atoms with van der Waals surface area (Å²) in [5.41, 5.74) is 0.986. The molecule has 0 aliphatic carbocycles. The molecule has 0 saturated carbocycles. The largest absolute Gasteiger partial charge is 0.260 e. The summed E-state index contributed by atoms with van der Waals surface area (Å²) in [4.78, 5) is 8.06. The van der Waals surface area contributed by atoms with Crippen molar-refractivity contribution in [1.29, 1.82) is 0 Å². The monoisotopic (exact) mass is 170 g/mol. The van der Waals surface area contributed by atoms with E-state index in [4.69, 9.17) is 11.6 Å². The van der Waals surface area contributed by atoms with Crippen LogP contribution in [0.4, 0.5) is 0 Å². The van der Waals surface area contributed by atoms with Crippen LogP contribution in [0.25, 0.3) is 0 Å². The summed E-state index contributed by atoms with van der Waals surface area (Å²) >= 11 is 5.65. The molecule has 0 radical (unpaired) electrons. The molecule has 0 amide bonds. The number of hydrogen-bond donors (Lipinski definition) is 0. The Kier molecular flexibility index (Phi) is 3.30. The molecule has 0 atom stereocenters. The fraction of sp³-hybridized carbons (Fsp3) is 0.500. The van der Waals surface area contributed by atoms with Crippen LogP contribution in [0.1, 0.15) is 25.5 Å². The molecule has 0 N–H and O–H groups in total. The highest BCUT2D eigenvalue weighted by molar-refractivity contribution is 6.29. The van der Waals surface area contributed by atoms with Crippen LogP contribution in [0.3, 0.4) is 0 Å². The minimum atomic E-state index is 0.485. The van der Waals surface area contributed by atoms with Crippen molar-refractivity contribution in [3.05, 3.63) is 23.2 Å². The minimum absolute atomic E-state index is 0.485. The van der Waals surface area contributed by atoms with Crippen molar-refractivity contribution in [2.45, 2.75) is 26.2 Å². The summed E-state index contributed by atoms with van der Waals surface area (Å²) in [6.45, 7) is 2.15. The predicted molar refractivity (Wildman–Crippen MR) is 45.7 cm³/mol. The van der Waals surface area contributed by atoms with Gasteiger partial charge < -0.3 is 0 Å². The number of aromatic nitrogens is 2. The van der Waals surface area contributed by atoms with Gasteiger partial charge in [-0.05, 0) is 12.8 Å². The number of hydrogen-bond acceptors (Lipinski definition) is 2. The molecule has 60 valence electrons. The van der Waals surface area contributed by atoms with Crippen molar-refractivity contribution in [2.75, 3.05) is 0 Å². The van der Waals surface area contributed by atoms with E-state index in [1.807, 2.05) is 0 Å². The van der Waals surface area contributed by atoms with Gasteiger partial charge in [-0.1, -0.05) is 24.9 Å². The summed E-state index contributed by atoms with van der Waals surface area (Å²) in [5.74, 6) is 0. The number of unbranched alkanes of at least 4 members (excludes halogenated alkanes) is 1. The molecule has 3 heteroatoms. The van der Waals surface area contributed by atoms with E-state index < -0.39 is 0 Å². The lowest BCUT2D eigenvalue weighted by molar-refractivity contribution is 0.772. The first-order valence-corrected chi connectivity index (χ1v) is 4.17. The average Bonchev–Trinajstić information content (AvgIpc) is 2.01. The minimum Gasteiger partial charge on any atom is -0.260 e. The zero-order chi connectivity index (χ0) is 8.10. The van der Waals surface area contributed by atoms with E-state index in [0.717, 1.165) is 18.5 Å². The normalized spacial score (nSPS) is 10.0. The lowest BCUT2D eigenvalue weighted by Gasteiger charge is -1.96. The van der Waals surface area contributed by atoms with Crippen molar-refractivity contribution >= 4 is 11.6 Å². The summed E-state index contributed by atoms with van der Waals surface area (Å²) in [5, 5.41) is 0.485. The summed E-state index contributed by atoms with van der Waals surface area (Å²) in [6.07, 6.45) is 6.62. The van der Waals surface area contributed by atoms with E-state index in [1.54, 1.807) is 12.4 Å². The van der Waals surface area contributed by atoms with Crippen molar-refractivity contribution in [3.8, 4) is 0 Å². The predicted octanol–water partition coefficient (Wildman–Crippen LogP) is 2.47. The van der Waals surface area contributed by atoms with Gasteiger partial charge in [0, 0.05) is 6.20 Å². The first-order valence-electron chi connectivity index (χ1n) is 3.79. The van der Waals surface area contributed by atoms with Crippen molar-refractivity contribution in [3.63, 3.8) is 0 Å². The zero-order valence-corrected chi connectivity index (χ0v) is 7.30. The molecule has 0 aliphatic heterocycles. The Balaban J connectivity index is 2.56. The Morgan fingerprint density at radius 2 is 2.27 bits per heavy atom. The Morgan fingerprint density at radius 1 is 1.45 bits per heavy atom. The highest BCUT2D eigenvalue weighted by Crippen LogP contribution is 2.05. The number of aryl methyl sites for hydroxylation is 1. The average molecular weight is 171 g/mol. The number of rotatable bonds is 3. The van der Waals surface area contributed by atoms with Gasteiger partial charge in [-0.2, -0.15) is 0 Å². The van der Waals surface area contributed by atoms with Gasteiger partial charge in [0.25, 0.3) is 0 Å². The van der Waals surface area contributed by atoms with Crippen molar-refractivity contribution in [1.82, 2.24) is 9.97 Å². The molecular weight excluding hydrogens is 160 g/mol. The van der Waals surface area contributed by atoms with Gasteiger partial charge in [-0.3, -0.25) is 4.98 Å². The molecule has 2 nitrogen and oxygen atoms in total. The van der Waals surface area contributed by atoms with Crippen LogP contribution < -0.4 is 0 Å². The molecule has 11 heavy (non-hydrogen) atoms. The fourth-order valence-corrected chi connectivity index (χ4v) is 1.02. The van der Waals surface area contributed by atoms with Gasteiger partial charge in [0.15, 0.2) is 0 Å². The van der Waals surface area contributed by atoms with Gasteiger partial charge in [0.1, 0.15) is 5.15 Å². The summed E-state index contributed by atoms with van der Waals surface area (Å²) < 4.78 is 0. The molecule has 0 spiro atoms. The van der Waals surface area contributed by atoms with Crippen LogP contribution in [0.15, 0.2) is 12.4 Å². The van der Waals surface area contributed by atoms with Crippen LogP contribution in [0, 0.1) is 0 Å². The smallest absolute Gasteiger partial charge is 0.147 e. The number of halogens is 1. The van der Waals surface area contributed by atoms with Crippen molar-refractivity contribution in [2.24, 2.45) is 0 Å². The molecule has 1 aromatic heterocycles. The molecular formula is C8H11ClN2. The van der Waals surface area contributed by atoms with E-state index in [2.05, 4.69) is 16.9 Å². The van der Waals surface area contributed by atoms with Gasteiger partial charge in [0.2, 0.25) is 0 Å². The Hall–Kier alpha value is -0.630. The third kappa shape index (κ3) is 2.85. The lowest BCUT2D eigenvalue weighted by atomic mass is 10.2. The molecule has 0 bridgehead atoms. The highest BCUT2D eigenvalue weighted by Gasteiger charge is 1.94. The van der Waals surface area contributed by atoms with Crippen molar-refractivity contribution < 1.29 is 0 Å². The van der Waals surface area contributed by atoms with Gasteiger partial charge in [-0.15, -0.1) is 0 Å². The summed E-state index contributed by atoms with van der Waals surface area (Å²) in [6, 6.07) is 0. The van der Waals surface area contributed by atoms with Crippen LogP contribution in [0.2, 0.25) is 5.15 Å². The quantitative estimate of drug-likeness (QED) is 0.697. The standard InChI is InChI=1S/C8H11ClN2/c1-2-3-4-7-5-10-6-8(9)11-7/h5-6H,2-4H2,1H3. The van der Waals surface area contributed by atoms with E-state index >= 15 is 0 Å². The molecule has 1 rings (SSSR count). The maximum absolute atomic E-state index is 5.65. The summed E-state index contributed by atoms with van der Waals surface area (Å²) in [7, 11) is 0. The van der Waals surface area contributed by atoms with Gasteiger partial charge in [0.05, 0.1) is 11.9 Å². The van der Waals surface area contributed by atoms with E-state index in [9.17, 15) is 0 Å². The van der Waals surface area contributed by atoms with Crippen LogP contribution in [-0.2, 0) is 6.42 Å². The molecule has 0 aromatic carbocycles. The first-order chi connectivity index (χ1) is 5.33. The fourth-order valence-electron chi connectivity index (χ4n) is 0.858. The van der Waals surface area contributed by atoms with Gasteiger partial charge in [-0.25, -0.2) is 4.98 Å². The van der Waals surface area contributed by atoms with Crippen LogP contribution in [0.5, 0.6) is 0 Å². The molecule has 0 fully saturated rings. The first kappa shape index (κ1) is 8.47. The Bertz CT molecular complexity index is 225. The molecule has 1 aromatic rings. The Morgan fingerprint density at radius 3 is 2.91 bits per heavy atom. The van der Waals surface area contributed by atoms with E-state index in [-0.39, 0.29) is 0 Å². The van der Waals surface area contributed by atoms with E-state index in [0.29, 0.717) is 5.15 Å². The zero-order valence-electron chi connectivity index (χ0n) is 6.55. The molecule has 0 unspecified atom stereocenters. The second kappa shape index (κ2) is 4.29. The molecule has 1 heterocycles. The maximum Gasteiger partial charge on any atom is 0.147 e. The number of nitrogens with zero attached hydrogens (tertiary/aromatic N) is 2. The van der Waals surface area contributed by atoms with Crippen LogP contribution in [-0.4, -0.2) is 9.97 Å².